The third-order valence-corrected chi connectivity index (χ3v) is 7.73. The average Bonchev–Trinajstić information content (AvgIpc) is 2.95. The first-order valence-electron chi connectivity index (χ1n) is 17.8. The van der Waals surface area contributed by atoms with Crippen LogP contribution in [0, 0.1) is 0 Å². The van der Waals surface area contributed by atoms with Gasteiger partial charge in [-0.05, 0) is 64.2 Å². The summed E-state index contributed by atoms with van der Waals surface area (Å²) in [5.41, 5.74) is 6.13. The molecule has 0 amide bonds. The molecule has 0 aliphatic carbocycles. The SMILES string of the molecule is CCCCCCCC/C=C\CCCCCCCCNONCCCCCCCC/C=C\CCCCCCCC. The number of allylic oxidation sites excluding steroid dienone is 4. The standard InChI is InChI=1S/C36H72N2O/c1-3-5-7-9-11-13-15-17-19-21-23-25-27-29-31-33-35-37-39-38-36-34-32-30-28-26-24-22-20-18-16-14-12-10-8-6-4-2/h17-20,37-38H,3-16,21-36H2,1-2H3/b19-17-,20-18-. The van der Waals surface area contributed by atoms with Crippen molar-refractivity contribution in [2.24, 2.45) is 0 Å². The van der Waals surface area contributed by atoms with Crippen molar-refractivity contribution in [2.45, 2.75) is 194 Å². The van der Waals surface area contributed by atoms with Gasteiger partial charge in [0.05, 0.1) is 0 Å². The van der Waals surface area contributed by atoms with Crippen LogP contribution in [0.3, 0.4) is 0 Å². The van der Waals surface area contributed by atoms with E-state index in [9.17, 15) is 0 Å². The molecule has 39 heavy (non-hydrogen) atoms. The third-order valence-electron chi connectivity index (χ3n) is 7.73. The summed E-state index contributed by atoms with van der Waals surface area (Å²) in [6.07, 6.45) is 47.5. The van der Waals surface area contributed by atoms with Gasteiger partial charge in [0.25, 0.3) is 0 Å². The first-order valence-corrected chi connectivity index (χ1v) is 17.8. The molecule has 0 radical (unpaired) electrons. The maximum absolute atomic E-state index is 5.37. The Morgan fingerprint density at radius 1 is 0.333 bits per heavy atom. The molecule has 232 valence electrons. The lowest BCUT2D eigenvalue weighted by Crippen LogP contribution is -2.27. The Morgan fingerprint density at radius 3 is 0.897 bits per heavy atom. The second-order valence-electron chi connectivity index (χ2n) is 11.8. The lowest BCUT2D eigenvalue weighted by Gasteiger charge is -2.07. The van der Waals surface area contributed by atoms with E-state index in [1.54, 1.807) is 0 Å². The maximum atomic E-state index is 5.37. The molecular formula is C36H72N2O. The topological polar surface area (TPSA) is 33.3 Å². The van der Waals surface area contributed by atoms with E-state index < -0.39 is 0 Å². The molecule has 3 nitrogen and oxygen atoms in total. The predicted molar refractivity (Wildman–Crippen MR) is 176 cm³/mol. The van der Waals surface area contributed by atoms with E-state index in [1.807, 2.05) is 0 Å². The summed E-state index contributed by atoms with van der Waals surface area (Å²) in [5, 5.41) is 0. The quantitative estimate of drug-likeness (QED) is 0.0476. The zero-order valence-electron chi connectivity index (χ0n) is 26.9. The first kappa shape index (κ1) is 38.4. The van der Waals surface area contributed by atoms with Gasteiger partial charge >= 0.3 is 0 Å². The van der Waals surface area contributed by atoms with Crippen molar-refractivity contribution >= 4 is 0 Å². The second-order valence-corrected chi connectivity index (χ2v) is 11.8. The van der Waals surface area contributed by atoms with E-state index in [0.29, 0.717) is 0 Å². The van der Waals surface area contributed by atoms with Gasteiger partial charge in [-0.1, -0.05) is 154 Å². The summed E-state index contributed by atoms with van der Waals surface area (Å²) >= 11 is 0. The second kappa shape index (κ2) is 37.4. The van der Waals surface area contributed by atoms with Crippen LogP contribution in [-0.2, 0) is 4.94 Å². The molecule has 0 unspecified atom stereocenters. The number of hydrogen-bond acceptors (Lipinski definition) is 3. The highest BCUT2D eigenvalue weighted by atomic mass is 16.8. The van der Waals surface area contributed by atoms with Crippen molar-refractivity contribution in [3.63, 3.8) is 0 Å². The Balaban J connectivity index is 3.09. The van der Waals surface area contributed by atoms with Crippen LogP contribution in [0.5, 0.6) is 0 Å². The summed E-state index contributed by atoms with van der Waals surface area (Å²) in [6, 6.07) is 0. The van der Waals surface area contributed by atoms with Gasteiger partial charge in [0.2, 0.25) is 0 Å². The Morgan fingerprint density at radius 2 is 0.590 bits per heavy atom. The van der Waals surface area contributed by atoms with Crippen LogP contribution in [0.4, 0.5) is 0 Å². The van der Waals surface area contributed by atoms with Crippen molar-refractivity contribution in [3.8, 4) is 0 Å². The van der Waals surface area contributed by atoms with Gasteiger partial charge in [-0.25, -0.2) is 4.94 Å². The predicted octanol–water partition coefficient (Wildman–Crippen LogP) is 12.1. The van der Waals surface area contributed by atoms with Gasteiger partial charge in [-0.3, -0.25) is 0 Å². The molecule has 0 saturated heterocycles. The zero-order chi connectivity index (χ0) is 28.2. The highest BCUT2D eigenvalue weighted by molar-refractivity contribution is 4.82. The van der Waals surface area contributed by atoms with E-state index >= 15 is 0 Å². The molecule has 0 heterocycles. The van der Waals surface area contributed by atoms with Crippen LogP contribution in [0.2, 0.25) is 0 Å². The molecule has 0 atom stereocenters. The maximum Gasteiger partial charge on any atom is 0.0229 e. The highest BCUT2D eigenvalue weighted by Gasteiger charge is 1.94. The molecule has 0 aliphatic heterocycles. The van der Waals surface area contributed by atoms with E-state index in [-0.39, 0.29) is 0 Å². The van der Waals surface area contributed by atoms with E-state index in [4.69, 9.17) is 4.94 Å². The molecule has 0 bridgehead atoms. The molecule has 0 fully saturated rings. The van der Waals surface area contributed by atoms with Crippen LogP contribution >= 0.6 is 0 Å². The van der Waals surface area contributed by atoms with Crippen molar-refractivity contribution in [1.82, 2.24) is 11.0 Å². The van der Waals surface area contributed by atoms with Crippen molar-refractivity contribution < 1.29 is 4.94 Å². The van der Waals surface area contributed by atoms with Crippen LogP contribution in [0.25, 0.3) is 0 Å². The van der Waals surface area contributed by atoms with Crippen LogP contribution in [0.15, 0.2) is 24.3 Å². The third kappa shape index (κ3) is 37.4. The van der Waals surface area contributed by atoms with Crippen LogP contribution < -0.4 is 11.0 Å². The Hall–Kier alpha value is -0.640. The molecular weight excluding hydrogens is 476 g/mol. The van der Waals surface area contributed by atoms with E-state index in [1.165, 1.54) is 180 Å². The fourth-order valence-electron chi connectivity index (χ4n) is 5.04. The number of unbranched alkanes of at least 4 members (excludes halogenated alkanes) is 24. The smallest absolute Gasteiger partial charge is 0.0229 e. The highest BCUT2D eigenvalue weighted by Crippen LogP contribution is 2.11. The first-order chi connectivity index (χ1) is 19.4. The van der Waals surface area contributed by atoms with E-state index in [0.717, 1.165) is 13.1 Å². The zero-order valence-corrected chi connectivity index (χ0v) is 26.9. The van der Waals surface area contributed by atoms with Crippen LogP contribution in [0.1, 0.15) is 194 Å². The molecule has 0 aromatic carbocycles. The number of hydroxylamine groups is 2. The fraction of sp³-hybridized carbons (Fsp3) is 0.889. The fourth-order valence-corrected chi connectivity index (χ4v) is 5.04. The summed E-state index contributed by atoms with van der Waals surface area (Å²) in [4.78, 5) is 5.37. The summed E-state index contributed by atoms with van der Waals surface area (Å²) in [6.45, 7) is 6.47. The van der Waals surface area contributed by atoms with Gasteiger partial charge < -0.3 is 0 Å². The Kier molecular flexibility index (Phi) is 36.7. The largest absolute Gasteiger partial charge is 0.214 e. The number of rotatable bonds is 34. The Bertz CT molecular complexity index is 435. The molecule has 2 N–H and O–H groups in total. The monoisotopic (exact) mass is 549 g/mol. The molecule has 0 aromatic rings. The minimum absolute atomic E-state index is 0.946. The number of hydrogen-bond donors (Lipinski definition) is 2. The lowest BCUT2D eigenvalue weighted by molar-refractivity contribution is -0.0387. The molecule has 3 heteroatoms. The van der Waals surface area contributed by atoms with Gasteiger partial charge in [0.15, 0.2) is 0 Å². The lowest BCUT2D eigenvalue weighted by atomic mass is 10.1. The molecule has 0 aromatic heterocycles. The summed E-state index contributed by atoms with van der Waals surface area (Å²) in [5.74, 6) is 0. The molecule has 0 aliphatic rings. The minimum atomic E-state index is 0.946. The minimum Gasteiger partial charge on any atom is -0.214 e. The van der Waals surface area contributed by atoms with Gasteiger partial charge in [-0.2, -0.15) is 11.0 Å². The molecule has 0 rings (SSSR count). The summed E-state index contributed by atoms with van der Waals surface area (Å²) in [7, 11) is 0. The summed E-state index contributed by atoms with van der Waals surface area (Å²) < 4.78 is 0. The van der Waals surface area contributed by atoms with Crippen LogP contribution in [-0.4, -0.2) is 13.1 Å². The number of nitrogens with one attached hydrogen (secondary N) is 2. The average molecular weight is 549 g/mol. The van der Waals surface area contributed by atoms with Gasteiger partial charge in [-0.15, -0.1) is 0 Å². The molecule has 0 spiro atoms. The van der Waals surface area contributed by atoms with Crippen molar-refractivity contribution in [3.05, 3.63) is 24.3 Å². The van der Waals surface area contributed by atoms with Crippen molar-refractivity contribution in [1.29, 1.82) is 0 Å². The van der Waals surface area contributed by atoms with Gasteiger partial charge in [0.1, 0.15) is 0 Å². The van der Waals surface area contributed by atoms with E-state index in [2.05, 4.69) is 49.1 Å². The van der Waals surface area contributed by atoms with Gasteiger partial charge in [0, 0.05) is 13.1 Å². The molecule has 0 saturated carbocycles. The van der Waals surface area contributed by atoms with Crippen molar-refractivity contribution in [2.75, 3.05) is 13.1 Å². The Labute approximate surface area is 246 Å². The normalized spacial score (nSPS) is 11.9.